The number of hydrogen-bond acceptors (Lipinski definition) is 5. The molecule has 7 nitrogen and oxygen atoms in total. The Kier molecular flexibility index (Phi) is 6.12. The molecule has 1 heterocycles. The maximum atomic E-state index is 13.5. The number of benzene rings is 1. The summed E-state index contributed by atoms with van der Waals surface area (Å²) in [5, 5.41) is 5.35. The molecule has 3 rings (SSSR count). The van der Waals surface area contributed by atoms with Crippen molar-refractivity contribution in [3.63, 3.8) is 0 Å². The number of amides is 2. The van der Waals surface area contributed by atoms with Crippen LogP contribution in [0.4, 0.5) is 0 Å². The van der Waals surface area contributed by atoms with Gasteiger partial charge in [0.05, 0.1) is 11.2 Å². The van der Waals surface area contributed by atoms with Crippen molar-refractivity contribution in [3.05, 3.63) is 53.5 Å². The monoisotopic (exact) mass is 418 g/mol. The normalized spacial score (nSPS) is 15.8. The lowest BCUT2D eigenvalue weighted by Crippen LogP contribution is -2.52. The standard InChI is InChI=1S/C21H26N2O5S/c1-15-7-8-16(2)18(14-15)29(26,27)21(9-3-4-10-21)20(25)23-12-11-22-19(24)17-6-5-13-28-17/h5-8,13-14H,3-4,9-12H2,1-2H3,(H,22,24)(H,23,25). The first kappa shape index (κ1) is 21.1. The Bertz CT molecular complexity index is 990. The predicted molar refractivity (Wildman–Crippen MR) is 108 cm³/mol. The molecule has 1 aromatic heterocycles. The zero-order valence-corrected chi connectivity index (χ0v) is 17.5. The molecule has 156 valence electrons. The number of hydrogen-bond donors (Lipinski definition) is 2. The maximum absolute atomic E-state index is 13.5. The summed E-state index contributed by atoms with van der Waals surface area (Å²) in [6, 6.07) is 8.42. The van der Waals surface area contributed by atoms with Crippen molar-refractivity contribution in [2.75, 3.05) is 13.1 Å². The van der Waals surface area contributed by atoms with Gasteiger partial charge in [0.2, 0.25) is 5.91 Å². The summed E-state index contributed by atoms with van der Waals surface area (Å²) < 4.78 is 30.6. The van der Waals surface area contributed by atoms with Crippen molar-refractivity contribution in [1.82, 2.24) is 10.6 Å². The second-order valence-corrected chi connectivity index (χ2v) is 9.69. The lowest BCUT2D eigenvalue weighted by Gasteiger charge is -2.28. The number of carbonyl (C=O) groups is 2. The van der Waals surface area contributed by atoms with E-state index in [9.17, 15) is 18.0 Å². The molecule has 1 saturated carbocycles. The van der Waals surface area contributed by atoms with Crippen LogP contribution < -0.4 is 10.6 Å². The molecule has 0 spiro atoms. The second kappa shape index (κ2) is 8.41. The Labute approximate surface area is 170 Å². The molecule has 1 aliphatic rings. The minimum absolute atomic E-state index is 0.134. The first-order chi connectivity index (χ1) is 13.8. The molecule has 0 unspecified atom stereocenters. The van der Waals surface area contributed by atoms with E-state index in [0.717, 1.165) is 5.56 Å². The quantitative estimate of drug-likeness (QED) is 0.672. The van der Waals surface area contributed by atoms with E-state index >= 15 is 0 Å². The van der Waals surface area contributed by atoms with E-state index in [2.05, 4.69) is 10.6 Å². The Morgan fingerprint density at radius 3 is 2.41 bits per heavy atom. The van der Waals surface area contributed by atoms with Crippen LogP contribution in [-0.2, 0) is 14.6 Å². The summed E-state index contributed by atoms with van der Waals surface area (Å²) in [4.78, 5) is 25.1. The molecule has 29 heavy (non-hydrogen) atoms. The Balaban J connectivity index is 1.72. The van der Waals surface area contributed by atoms with E-state index in [-0.39, 0.29) is 29.7 Å². The second-order valence-electron chi connectivity index (χ2n) is 7.46. The third-order valence-corrected chi connectivity index (χ3v) is 8.06. The highest BCUT2D eigenvalue weighted by molar-refractivity contribution is 7.93. The summed E-state index contributed by atoms with van der Waals surface area (Å²) in [7, 11) is -3.86. The van der Waals surface area contributed by atoms with E-state index in [0.29, 0.717) is 31.2 Å². The smallest absolute Gasteiger partial charge is 0.287 e. The molecule has 0 aliphatic heterocycles. The van der Waals surface area contributed by atoms with E-state index < -0.39 is 20.5 Å². The fourth-order valence-electron chi connectivity index (χ4n) is 3.78. The van der Waals surface area contributed by atoms with Gasteiger partial charge in [0.15, 0.2) is 20.3 Å². The van der Waals surface area contributed by atoms with Crippen LogP contribution in [0.1, 0.15) is 47.4 Å². The maximum Gasteiger partial charge on any atom is 0.287 e. The number of nitrogens with one attached hydrogen (secondary N) is 2. The SMILES string of the molecule is Cc1ccc(C)c(S(=O)(=O)C2(C(=O)NCCNC(=O)c3ccco3)CCCC2)c1. The minimum Gasteiger partial charge on any atom is -0.459 e. The fraction of sp³-hybridized carbons (Fsp3) is 0.429. The van der Waals surface area contributed by atoms with Crippen molar-refractivity contribution in [2.24, 2.45) is 0 Å². The van der Waals surface area contributed by atoms with Gasteiger partial charge in [0.25, 0.3) is 5.91 Å². The van der Waals surface area contributed by atoms with Crippen LogP contribution in [0.5, 0.6) is 0 Å². The molecule has 0 saturated heterocycles. The number of sulfone groups is 1. The van der Waals surface area contributed by atoms with E-state index in [1.54, 1.807) is 25.1 Å². The van der Waals surface area contributed by atoms with Crippen LogP contribution in [0.3, 0.4) is 0 Å². The van der Waals surface area contributed by atoms with Crippen molar-refractivity contribution >= 4 is 21.7 Å². The number of furan rings is 1. The summed E-state index contributed by atoms with van der Waals surface area (Å²) in [6.45, 7) is 3.89. The van der Waals surface area contributed by atoms with E-state index in [1.165, 1.54) is 12.3 Å². The molecular weight excluding hydrogens is 392 g/mol. The average molecular weight is 419 g/mol. The number of carbonyl (C=O) groups excluding carboxylic acids is 2. The first-order valence-electron chi connectivity index (χ1n) is 9.70. The molecule has 1 fully saturated rings. The van der Waals surface area contributed by atoms with Crippen LogP contribution >= 0.6 is 0 Å². The molecule has 1 aromatic carbocycles. The molecular formula is C21H26N2O5S. The van der Waals surface area contributed by atoms with Gasteiger partial charge in [-0.1, -0.05) is 25.0 Å². The number of rotatable bonds is 7. The van der Waals surface area contributed by atoms with Gasteiger partial charge in [-0.15, -0.1) is 0 Å². The molecule has 2 amide bonds. The highest BCUT2D eigenvalue weighted by Crippen LogP contribution is 2.41. The molecule has 0 radical (unpaired) electrons. The molecule has 2 N–H and O–H groups in total. The lowest BCUT2D eigenvalue weighted by atomic mass is 10.1. The Morgan fingerprint density at radius 2 is 1.76 bits per heavy atom. The van der Waals surface area contributed by atoms with Crippen molar-refractivity contribution in [2.45, 2.75) is 49.2 Å². The van der Waals surface area contributed by atoms with Crippen LogP contribution in [0.2, 0.25) is 0 Å². The van der Waals surface area contributed by atoms with Crippen LogP contribution in [0.15, 0.2) is 45.9 Å². The number of aryl methyl sites for hydroxylation is 2. The van der Waals surface area contributed by atoms with Crippen molar-refractivity contribution < 1.29 is 22.4 Å². The summed E-state index contributed by atoms with van der Waals surface area (Å²) in [5.41, 5.74) is 1.48. The molecule has 2 aromatic rings. The van der Waals surface area contributed by atoms with Gasteiger partial charge in [-0.2, -0.15) is 0 Å². The van der Waals surface area contributed by atoms with Gasteiger partial charge in [-0.3, -0.25) is 9.59 Å². The van der Waals surface area contributed by atoms with Crippen LogP contribution in [0, 0.1) is 13.8 Å². The molecule has 8 heteroatoms. The van der Waals surface area contributed by atoms with E-state index in [4.69, 9.17) is 4.42 Å². The lowest BCUT2D eigenvalue weighted by molar-refractivity contribution is -0.123. The third-order valence-electron chi connectivity index (χ3n) is 5.41. The van der Waals surface area contributed by atoms with Gasteiger partial charge in [0, 0.05) is 13.1 Å². The average Bonchev–Trinajstić information content (AvgIpc) is 3.39. The Morgan fingerprint density at radius 1 is 1.07 bits per heavy atom. The van der Waals surface area contributed by atoms with Crippen molar-refractivity contribution in [1.29, 1.82) is 0 Å². The van der Waals surface area contributed by atoms with E-state index in [1.807, 2.05) is 13.0 Å². The fourth-order valence-corrected chi connectivity index (χ4v) is 6.18. The van der Waals surface area contributed by atoms with Gasteiger partial charge in [0.1, 0.15) is 0 Å². The molecule has 0 atom stereocenters. The van der Waals surface area contributed by atoms with Gasteiger partial charge in [-0.25, -0.2) is 8.42 Å². The summed E-state index contributed by atoms with van der Waals surface area (Å²) >= 11 is 0. The minimum atomic E-state index is -3.86. The van der Waals surface area contributed by atoms with Gasteiger partial charge >= 0.3 is 0 Å². The topological polar surface area (TPSA) is 105 Å². The van der Waals surface area contributed by atoms with Crippen molar-refractivity contribution in [3.8, 4) is 0 Å². The van der Waals surface area contributed by atoms with Gasteiger partial charge < -0.3 is 15.1 Å². The zero-order valence-electron chi connectivity index (χ0n) is 16.7. The molecule has 0 bridgehead atoms. The predicted octanol–water partition coefficient (Wildman–Crippen LogP) is 2.53. The highest BCUT2D eigenvalue weighted by atomic mass is 32.2. The zero-order chi connectivity index (χ0) is 21.1. The van der Waals surface area contributed by atoms with Crippen LogP contribution in [-0.4, -0.2) is 38.1 Å². The third kappa shape index (κ3) is 4.07. The summed E-state index contributed by atoms with van der Waals surface area (Å²) in [5.74, 6) is -0.702. The van der Waals surface area contributed by atoms with Gasteiger partial charge in [-0.05, 0) is 56.0 Å². The Hall–Kier alpha value is -2.61. The largest absolute Gasteiger partial charge is 0.459 e. The molecule has 1 aliphatic carbocycles. The summed E-state index contributed by atoms with van der Waals surface area (Å²) in [6.07, 6.45) is 3.37. The first-order valence-corrected chi connectivity index (χ1v) is 11.2. The van der Waals surface area contributed by atoms with Crippen LogP contribution in [0.25, 0.3) is 0 Å². The highest BCUT2D eigenvalue weighted by Gasteiger charge is 2.53.